The van der Waals surface area contributed by atoms with Gasteiger partial charge in [-0.1, -0.05) is 11.3 Å². The Bertz CT molecular complexity index is 1010. The number of methoxy groups -OCH3 is 1. The van der Waals surface area contributed by atoms with Crippen molar-refractivity contribution in [3.8, 4) is 0 Å². The van der Waals surface area contributed by atoms with Crippen LogP contribution >= 0.6 is 11.3 Å². The first kappa shape index (κ1) is 16.0. The number of benzene rings is 1. The van der Waals surface area contributed by atoms with Crippen LogP contribution < -0.4 is 10.9 Å². The van der Waals surface area contributed by atoms with Gasteiger partial charge in [0.05, 0.1) is 29.7 Å². The number of fused-ring (bicyclic) bond motifs is 2. The third-order valence-corrected chi connectivity index (χ3v) is 4.99. The van der Waals surface area contributed by atoms with Gasteiger partial charge in [-0.25, -0.2) is 9.78 Å². The molecule has 0 bridgehead atoms. The third-order valence-electron chi connectivity index (χ3n) is 4.12. The molecule has 1 saturated heterocycles. The molecule has 1 unspecified atom stereocenters. The van der Waals surface area contributed by atoms with E-state index >= 15 is 0 Å². The van der Waals surface area contributed by atoms with E-state index in [1.807, 2.05) is 0 Å². The summed E-state index contributed by atoms with van der Waals surface area (Å²) in [5.74, 6) is -0.466. The molecule has 8 nitrogen and oxygen atoms in total. The fourth-order valence-electron chi connectivity index (χ4n) is 2.83. The SMILES string of the molecule is COC(=O)c1ccc2c(=O)n3nc(NCC4CCCO4)sc3nc2c1. The molecule has 1 aliphatic rings. The van der Waals surface area contributed by atoms with Crippen LogP contribution in [0.1, 0.15) is 23.2 Å². The second-order valence-corrected chi connectivity index (χ2v) is 6.71. The minimum atomic E-state index is -0.466. The Kier molecular flexibility index (Phi) is 4.10. The van der Waals surface area contributed by atoms with Gasteiger partial charge in [-0.2, -0.15) is 4.52 Å². The number of nitrogens with zero attached hydrogens (tertiary/aromatic N) is 3. The highest BCUT2D eigenvalue weighted by atomic mass is 32.1. The summed E-state index contributed by atoms with van der Waals surface area (Å²) in [4.78, 5) is 29.2. The zero-order valence-electron chi connectivity index (χ0n) is 13.5. The van der Waals surface area contributed by atoms with Crippen LogP contribution in [0.25, 0.3) is 15.9 Å². The van der Waals surface area contributed by atoms with Gasteiger partial charge in [0.1, 0.15) is 0 Å². The molecule has 0 spiro atoms. The van der Waals surface area contributed by atoms with Crippen LogP contribution in [0, 0.1) is 0 Å². The van der Waals surface area contributed by atoms with Gasteiger partial charge in [0.25, 0.3) is 5.56 Å². The molecule has 1 fully saturated rings. The predicted octanol–water partition coefficient (Wildman–Crippen LogP) is 1.68. The number of esters is 1. The van der Waals surface area contributed by atoms with Crippen molar-refractivity contribution < 1.29 is 14.3 Å². The molecule has 3 heterocycles. The predicted molar refractivity (Wildman–Crippen MR) is 93.4 cm³/mol. The lowest BCUT2D eigenvalue weighted by molar-refractivity contribution is 0.0601. The largest absolute Gasteiger partial charge is 0.465 e. The van der Waals surface area contributed by atoms with Crippen molar-refractivity contribution >= 4 is 38.3 Å². The van der Waals surface area contributed by atoms with Crippen LogP contribution in [0.5, 0.6) is 0 Å². The topological polar surface area (TPSA) is 94.8 Å². The average Bonchev–Trinajstić information content (AvgIpc) is 3.28. The van der Waals surface area contributed by atoms with Crippen LogP contribution in [0.3, 0.4) is 0 Å². The number of carbonyl (C=O) groups is 1. The minimum Gasteiger partial charge on any atom is -0.465 e. The molecule has 0 amide bonds. The van der Waals surface area contributed by atoms with Crippen molar-refractivity contribution in [1.29, 1.82) is 0 Å². The molecule has 130 valence electrons. The molecule has 1 aliphatic heterocycles. The molecule has 2 aromatic heterocycles. The summed E-state index contributed by atoms with van der Waals surface area (Å²) in [6.45, 7) is 1.45. The number of carbonyl (C=O) groups excluding carboxylic acids is 1. The third kappa shape index (κ3) is 2.96. The highest BCUT2D eigenvalue weighted by Crippen LogP contribution is 2.21. The maximum absolute atomic E-state index is 12.6. The molecule has 1 atom stereocenters. The maximum atomic E-state index is 12.6. The van der Waals surface area contributed by atoms with Gasteiger partial charge >= 0.3 is 5.97 Å². The molecular formula is C16H16N4O4S. The highest BCUT2D eigenvalue weighted by Gasteiger charge is 2.17. The van der Waals surface area contributed by atoms with Crippen molar-refractivity contribution in [2.24, 2.45) is 0 Å². The molecular weight excluding hydrogens is 344 g/mol. The standard InChI is InChI=1S/C16H16N4O4S/c1-23-14(22)9-4-5-11-12(7-9)18-16-20(13(11)21)19-15(25-16)17-8-10-3-2-6-24-10/h4-5,7,10H,2-3,6,8H2,1H3,(H,17,19). The highest BCUT2D eigenvalue weighted by molar-refractivity contribution is 7.20. The van der Waals surface area contributed by atoms with E-state index in [4.69, 9.17) is 9.47 Å². The fourth-order valence-corrected chi connectivity index (χ4v) is 3.64. The minimum absolute atomic E-state index is 0.179. The van der Waals surface area contributed by atoms with Crippen molar-refractivity contribution in [2.75, 3.05) is 25.6 Å². The van der Waals surface area contributed by atoms with Gasteiger partial charge in [0.2, 0.25) is 10.1 Å². The fraction of sp³-hybridized carbons (Fsp3) is 0.375. The maximum Gasteiger partial charge on any atom is 0.337 e. The van der Waals surface area contributed by atoms with Crippen LogP contribution in [0.2, 0.25) is 0 Å². The number of anilines is 1. The molecule has 25 heavy (non-hydrogen) atoms. The molecule has 0 aliphatic carbocycles. The Morgan fingerprint density at radius 3 is 3.16 bits per heavy atom. The van der Waals surface area contributed by atoms with E-state index < -0.39 is 5.97 Å². The molecule has 1 N–H and O–H groups in total. The second kappa shape index (κ2) is 6.41. The van der Waals surface area contributed by atoms with Crippen molar-refractivity contribution in [3.63, 3.8) is 0 Å². The van der Waals surface area contributed by atoms with E-state index in [9.17, 15) is 9.59 Å². The Hall–Kier alpha value is -2.52. The van der Waals surface area contributed by atoms with Crippen LogP contribution in [-0.4, -0.2) is 46.9 Å². The number of aromatic nitrogens is 3. The average molecular weight is 360 g/mol. The molecule has 3 aromatic rings. The van der Waals surface area contributed by atoms with Gasteiger partial charge in [-0.05, 0) is 31.0 Å². The van der Waals surface area contributed by atoms with E-state index in [1.165, 1.54) is 23.0 Å². The molecule has 0 saturated carbocycles. The Morgan fingerprint density at radius 1 is 1.52 bits per heavy atom. The summed E-state index contributed by atoms with van der Waals surface area (Å²) in [7, 11) is 1.31. The quantitative estimate of drug-likeness (QED) is 0.707. The first-order chi connectivity index (χ1) is 12.2. The lowest BCUT2D eigenvalue weighted by Gasteiger charge is -2.08. The van der Waals surface area contributed by atoms with Gasteiger partial charge < -0.3 is 14.8 Å². The summed E-state index contributed by atoms with van der Waals surface area (Å²) >= 11 is 1.29. The van der Waals surface area contributed by atoms with Gasteiger partial charge in [-0.3, -0.25) is 4.79 Å². The van der Waals surface area contributed by atoms with Gasteiger partial charge in [-0.15, -0.1) is 5.10 Å². The first-order valence-corrected chi connectivity index (χ1v) is 8.75. The van der Waals surface area contributed by atoms with E-state index in [0.717, 1.165) is 19.4 Å². The summed E-state index contributed by atoms with van der Waals surface area (Å²) in [5, 5.41) is 8.52. The Morgan fingerprint density at radius 2 is 2.40 bits per heavy atom. The zero-order valence-corrected chi connectivity index (χ0v) is 14.3. The number of ether oxygens (including phenoxy) is 2. The monoisotopic (exact) mass is 360 g/mol. The van der Waals surface area contributed by atoms with Crippen LogP contribution in [0.15, 0.2) is 23.0 Å². The van der Waals surface area contributed by atoms with E-state index in [0.29, 0.717) is 33.1 Å². The van der Waals surface area contributed by atoms with E-state index in [2.05, 4.69) is 15.4 Å². The summed E-state index contributed by atoms with van der Waals surface area (Å²) in [6.07, 6.45) is 2.27. The molecule has 1 aromatic carbocycles. The number of hydrogen-bond donors (Lipinski definition) is 1. The molecule has 9 heteroatoms. The number of hydrogen-bond acceptors (Lipinski definition) is 8. The number of rotatable bonds is 4. The first-order valence-electron chi connectivity index (χ1n) is 7.93. The smallest absolute Gasteiger partial charge is 0.337 e. The lowest BCUT2D eigenvalue weighted by atomic mass is 10.1. The van der Waals surface area contributed by atoms with Crippen molar-refractivity contribution in [1.82, 2.24) is 14.6 Å². The Labute approximate surface area is 146 Å². The summed E-state index contributed by atoms with van der Waals surface area (Å²) < 4.78 is 11.6. The summed E-state index contributed by atoms with van der Waals surface area (Å²) in [5.41, 5.74) is 0.535. The molecule has 4 rings (SSSR count). The van der Waals surface area contributed by atoms with E-state index in [1.54, 1.807) is 18.2 Å². The van der Waals surface area contributed by atoms with Gasteiger partial charge in [0, 0.05) is 13.2 Å². The second-order valence-electron chi connectivity index (χ2n) is 5.76. The lowest BCUT2D eigenvalue weighted by Crippen LogP contribution is -2.19. The van der Waals surface area contributed by atoms with Crippen LogP contribution in [-0.2, 0) is 9.47 Å². The van der Waals surface area contributed by atoms with E-state index in [-0.39, 0.29) is 11.7 Å². The Balaban J connectivity index is 1.70. The summed E-state index contributed by atoms with van der Waals surface area (Å²) in [6, 6.07) is 4.68. The van der Waals surface area contributed by atoms with Crippen molar-refractivity contribution in [3.05, 3.63) is 34.1 Å². The zero-order chi connectivity index (χ0) is 17.4. The van der Waals surface area contributed by atoms with Gasteiger partial charge in [0.15, 0.2) is 0 Å². The normalized spacial score (nSPS) is 17.2. The molecule has 0 radical (unpaired) electrons. The number of nitrogens with one attached hydrogen (secondary N) is 1. The van der Waals surface area contributed by atoms with Crippen molar-refractivity contribution in [2.45, 2.75) is 18.9 Å². The van der Waals surface area contributed by atoms with Crippen LogP contribution in [0.4, 0.5) is 5.13 Å².